The van der Waals surface area contributed by atoms with Gasteiger partial charge >= 0.3 is 5.97 Å². The minimum Gasteiger partial charge on any atom is -0.481 e. The number of carbonyl (C=O) groups excluding carboxylic acids is 2. The number of carbonyl (C=O) groups is 3. The Morgan fingerprint density at radius 1 is 1.32 bits per heavy atom. The molecule has 1 fully saturated rings. The summed E-state index contributed by atoms with van der Waals surface area (Å²) >= 11 is 11.8. The molecule has 0 aliphatic carbocycles. The summed E-state index contributed by atoms with van der Waals surface area (Å²) in [6, 6.07) is 4.83. The van der Waals surface area contributed by atoms with E-state index in [0.717, 1.165) is 0 Å². The van der Waals surface area contributed by atoms with Gasteiger partial charge in [0.15, 0.2) is 0 Å². The van der Waals surface area contributed by atoms with Gasteiger partial charge in [-0.05, 0) is 24.6 Å². The van der Waals surface area contributed by atoms with Crippen LogP contribution in [0.5, 0.6) is 0 Å². The fourth-order valence-corrected chi connectivity index (χ4v) is 2.54. The molecular weight excluding hydrogens is 331 g/mol. The van der Waals surface area contributed by atoms with Crippen molar-refractivity contribution in [1.82, 2.24) is 5.32 Å². The molecule has 1 aromatic carbocycles. The van der Waals surface area contributed by atoms with Crippen molar-refractivity contribution in [3.63, 3.8) is 0 Å². The number of carboxylic acid groups (broad SMARTS) is 1. The van der Waals surface area contributed by atoms with Gasteiger partial charge in [-0.2, -0.15) is 0 Å². The molecule has 1 atom stereocenters. The maximum absolute atomic E-state index is 12.3. The highest BCUT2D eigenvalue weighted by molar-refractivity contribution is 6.42. The molecule has 0 saturated carbocycles. The topological polar surface area (TPSA) is 86.7 Å². The standard InChI is InChI=1S/C14H14Cl2N2O4/c15-10-2-1-8(7-11(10)16)18-6-4-9(14(18)22)13(21)17-5-3-12(19)20/h1-2,7,9H,3-6H2,(H,17,21)(H,19,20). The molecule has 1 unspecified atom stereocenters. The average molecular weight is 345 g/mol. The summed E-state index contributed by atoms with van der Waals surface area (Å²) in [6.45, 7) is 0.401. The van der Waals surface area contributed by atoms with Gasteiger partial charge in [0, 0.05) is 18.8 Å². The Balaban J connectivity index is 2.01. The van der Waals surface area contributed by atoms with Crippen LogP contribution in [0.3, 0.4) is 0 Å². The second kappa shape index (κ2) is 6.98. The summed E-state index contributed by atoms with van der Waals surface area (Å²) in [5, 5.41) is 11.7. The molecule has 2 rings (SSSR count). The van der Waals surface area contributed by atoms with E-state index in [2.05, 4.69) is 5.32 Å². The molecule has 1 heterocycles. The first-order valence-electron chi connectivity index (χ1n) is 6.66. The first kappa shape index (κ1) is 16.6. The Hall–Kier alpha value is -1.79. The van der Waals surface area contributed by atoms with Crippen LogP contribution in [0.15, 0.2) is 18.2 Å². The summed E-state index contributed by atoms with van der Waals surface area (Å²) in [7, 11) is 0. The van der Waals surface area contributed by atoms with Gasteiger partial charge < -0.3 is 15.3 Å². The molecule has 2 amide bonds. The van der Waals surface area contributed by atoms with E-state index in [9.17, 15) is 14.4 Å². The molecule has 8 heteroatoms. The monoisotopic (exact) mass is 344 g/mol. The van der Waals surface area contributed by atoms with Crippen molar-refractivity contribution >= 4 is 46.7 Å². The lowest BCUT2D eigenvalue weighted by atomic mass is 10.1. The Kier molecular flexibility index (Phi) is 5.26. The van der Waals surface area contributed by atoms with Crippen molar-refractivity contribution < 1.29 is 19.5 Å². The summed E-state index contributed by atoms with van der Waals surface area (Å²) < 4.78 is 0. The molecule has 0 spiro atoms. The normalized spacial score (nSPS) is 17.6. The second-order valence-corrected chi connectivity index (χ2v) is 5.68. The van der Waals surface area contributed by atoms with Crippen LogP contribution >= 0.6 is 23.2 Å². The van der Waals surface area contributed by atoms with Crippen molar-refractivity contribution in [2.45, 2.75) is 12.8 Å². The lowest BCUT2D eigenvalue weighted by Gasteiger charge is -2.17. The first-order valence-corrected chi connectivity index (χ1v) is 7.41. The van der Waals surface area contributed by atoms with Crippen molar-refractivity contribution in [3.8, 4) is 0 Å². The maximum atomic E-state index is 12.3. The molecule has 2 N–H and O–H groups in total. The molecule has 1 aliphatic heterocycles. The third kappa shape index (κ3) is 3.69. The quantitative estimate of drug-likeness (QED) is 0.799. The number of hydrogen-bond donors (Lipinski definition) is 2. The average Bonchev–Trinajstić information content (AvgIpc) is 2.83. The molecule has 22 heavy (non-hydrogen) atoms. The SMILES string of the molecule is O=C(O)CCNC(=O)C1CCN(c2ccc(Cl)c(Cl)c2)C1=O. The number of amides is 2. The predicted molar refractivity (Wildman–Crippen MR) is 82.2 cm³/mol. The number of rotatable bonds is 5. The van der Waals surface area contributed by atoms with Crippen molar-refractivity contribution in [1.29, 1.82) is 0 Å². The highest BCUT2D eigenvalue weighted by Crippen LogP contribution is 2.31. The molecule has 1 aromatic rings. The molecular formula is C14H14Cl2N2O4. The molecule has 0 bridgehead atoms. The Morgan fingerprint density at radius 3 is 2.68 bits per heavy atom. The van der Waals surface area contributed by atoms with Gasteiger partial charge in [0.1, 0.15) is 5.92 Å². The zero-order valence-electron chi connectivity index (χ0n) is 11.5. The third-order valence-electron chi connectivity index (χ3n) is 3.37. The van der Waals surface area contributed by atoms with Gasteiger partial charge in [-0.15, -0.1) is 0 Å². The summed E-state index contributed by atoms with van der Waals surface area (Å²) in [5.74, 6) is -2.58. The Morgan fingerprint density at radius 2 is 2.05 bits per heavy atom. The first-order chi connectivity index (χ1) is 10.4. The van der Waals surface area contributed by atoms with Crippen LogP contribution in [-0.2, 0) is 14.4 Å². The van der Waals surface area contributed by atoms with Gasteiger partial charge in [0.05, 0.1) is 16.5 Å². The largest absolute Gasteiger partial charge is 0.481 e. The van der Waals surface area contributed by atoms with Crippen LogP contribution in [0, 0.1) is 5.92 Å². The fraction of sp³-hybridized carbons (Fsp3) is 0.357. The smallest absolute Gasteiger partial charge is 0.305 e. The van der Waals surface area contributed by atoms with Crippen LogP contribution in [0.2, 0.25) is 10.0 Å². The van der Waals surface area contributed by atoms with Crippen LogP contribution in [0.4, 0.5) is 5.69 Å². The van der Waals surface area contributed by atoms with Crippen molar-refractivity contribution in [2.24, 2.45) is 5.92 Å². The number of aliphatic carboxylic acids is 1. The van der Waals surface area contributed by atoms with Crippen LogP contribution < -0.4 is 10.2 Å². The molecule has 1 saturated heterocycles. The number of benzene rings is 1. The number of carboxylic acids is 1. The van der Waals surface area contributed by atoms with E-state index in [4.69, 9.17) is 28.3 Å². The molecule has 1 aliphatic rings. The maximum Gasteiger partial charge on any atom is 0.305 e. The lowest BCUT2D eigenvalue weighted by molar-refractivity contribution is -0.137. The number of halogens is 2. The minimum atomic E-state index is -1.00. The van der Waals surface area contributed by atoms with Crippen LogP contribution in [0.1, 0.15) is 12.8 Å². The Labute approximate surface area is 137 Å². The lowest BCUT2D eigenvalue weighted by Crippen LogP contribution is -2.37. The third-order valence-corrected chi connectivity index (χ3v) is 4.11. The van der Waals surface area contributed by atoms with Crippen LogP contribution in [-0.4, -0.2) is 36.0 Å². The van der Waals surface area contributed by atoms with Crippen molar-refractivity contribution in [3.05, 3.63) is 28.2 Å². The van der Waals surface area contributed by atoms with Crippen LogP contribution in [0.25, 0.3) is 0 Å². The van der Waals surface area contributed by atoms with Gasteiger partial charge in [0.2, 0.25) is 11.8 Å². The van der Waals surface area contributed by atoms with E-state index < -0.39 is 17.8 Å². The van der Waals surface area contributed by atoms with E-state index in [1.807, 2.05) is 0 Å². The number of anilines is 1. The Bertz CT molecular complexity index is 621. The zero-order chi connectivity index (χ0) is 16.3. The van der Waals surface area contributed by atoms with E-state index >= 15 is 0 Å². The number of nitrogens with zero attached hydrogens (tertiary/aromatic N) is 1. The number of nitrogens with one attached hydrogen (secondary N) is 1. The van der Waals surface area contributed by atoms with E-state index in [0.29, 0.717) is 28.7 Å². The van der Waals surface area contributed by atoms with Gasteiger partial charge in [0.25, 0.3) is 0 Å². The molecule has 6 nitrogen and oxygen atoms in total. The fourth-order valence-electron chi connectivity index (χ4n) is 2.25. The summed E-state index contributed by atoms with van der Waals surface area (Å²) in [4.78, 5) is 36.1. The molecule has 118 valence electrons. The second-order valence-electron chi connectivity index (χ2n) is 4.86. The molecule has 0 radical (unpaired) electrons. The van der Waals surface area contributed by atoms with Gasteiger partial charge in [-0.1, -0.05) is 23.2 Å². The van der Waals surface area contributed by atoms with E-state index in [-0.39, 0.29) is 18.9 Å². The summed E-state index contributed by atoms with van der Waals surface area (Å²) in [5.41, 5.74) is 0.584. The highest BCUT2D eigenvalue weighted by atomic mass is 35.5. The predicted octanol–water partition coefficient (Wildman–Crippen LogP) is 1.94. The number of hydrogen-bond acceptors (Lipinski definition) is 3. The minimum absolute atomic E-state index is 0.00468. The van der Waals surface area contributed by atoms with Gasteiger partial charge in [-0.25, -0.2) is 0 Å². The van der Waals surface area contributed by atoms with E-state index in [1.165, 1.54) is 4.90 Å². The summed E-state index contributed by atoms with van der Waals surface area (Å²) in [6.07, 6.45) is 0.196. The zero-order valence-corrected chi connectivity index (χ0v) is 13.0. The van der Waals surface area contributed by atoms with Crippen molar-refractivity contribution in [2.75, 3.05) is 18.0 Å². The molecule has 0 aromatic heterocycles. The van der Waals surface area contributed by atoms with Gasteiger partial charge in [-0.3, -0.25) is 14.4 Å². The highest BCUT2D eigenvalue weighted by Gasteiger charge is 2.37. The van der Waals surface area contributed by atoms with E-state index in [1.54, 1.807) is 18.2 Å².